The third kappa shape index (κ3) is 5.38. The minimum absolute atomic E-state index is 0.0307. The molecule has 0 saturated carbocycles. The number of carboxylic acid groups (broad SMARTS) is 1. The van der Waals surface area contributed by atoms with Crippen LogP contribution >= 0.6 is 0 Å². The summed E-state index contributed by atoms with van der Waals surface area (Å²) in [6, 6.07) is 4.62. The lowest BCUT2D eigenvalue weighted by molar-refractivity contribution is -0.118. The van der Waals surface area contributed by atoms with E-state index >= 15 is 0 Å². The number of nitrogens with zero attached hydrogens (tertiary/aromatic N) is 2. The molecule has 2 rings (SSSR count). The first-order valence-corrected chi connectivity index (χ1v) is 9.31. The maximum Gasteiger partial charge on any atom is 0.341 e. The number of carbonyl (C=O) groups is 3. The van der Waals surface area contributed by atoms with Crippen LogP contribution < -0.4 is 15.4 Å². The molecule has 1 aliphatic heterocycles. The molecule has 1 saturated heterocycles. The van der Waals surface area contributed by atoms with Crippen LogP contribution in [0.15, 0.2) is 27.8 Å². The highest BCUT2D eigenvalue weighted by Crippen LogP contribution is 2.26. The number of carboxylic acids is 1. The molecule has 1 aromatic rings. The Bertz CT molecular complexity index is 791. The third-order valence-electron chi connectivity index (χ3n) is 3.51. The van der Waals surface area contributed by atoms with Crippen molar-refractivity contribution in [3.8, 4) is 5.75 Å². The monoisotopic (exact) mass is 380 g/mol. The summed E-state index contributed by atoms with van der Waals surface area (Å²) >= 11 is 0. The van der Waals surface area contributed by atoms with Crippen molar-refractivity contribution >= 4 is 39.9 Å². The van der Waals surface area contributed by atoms with E-state index in [9.17, 15) is 19.5 Å². The van der Waals surface area contributed by atoms with Gasteiger partial charge in [-0.25, -0.2) is 4.79 Å². The van der Waals surface area contributed by atoms with Gasteiger partial charge < -0.3 is 20.5 Å². The Morgan fingerprint density at radius 3 is 2.77 bits per heavy atom. The van der Waals surface area contributed by atoms with Crippen LogP contribution in [0.5, 0.6) is 5.75 Å². The van der Waals surface area contributed by atoms with Gasteiger partial charge in [-0.2, -0.15) is 5.10 Å². The molecule has 26 heavy (non-hydrogen) atoms. The van der Waals surface area contributed by atoms with Gasteiger partial charge >= 0.3 is 5.97 Å². The molecule has 0 aromatic heterocycles. The van der Waals surface area contributed by atoms with Crippen molar-refractivity contribution < 1.29 is 24.2 Å². The molecule has 3 N–H and O–H groups in total. The second-order valence-corrected chi connectivity index (χ2v) is 7.17. The Kier molecular flexibility index (Phi) is 6.84. The number of amides is 2. The van der Waals surface area contributed by atoms with Gasteiger partial charge in [-0.1, -0.05) is 6.07 Å². The number of rotatable bonds is 7. The van der Waals surface area contributed by atoms with Crippen LogP contribution in [-0.2, 0) is 20.3 Å². The summed E-state index contributed by atoms with van der Waals surface area (Å²) in [5, 5.41) is 18.6. The van der Waals surface area contributed by atoms with Gasteiger partial charge in [-0.15, -0.1) is 4.47 Å². The standard InChI is InChI=1S/C16H20N4O5S/c1-10(19-20-26-8-14(22)17-9-26)6-7-13(21)18-11-4-3-5-12(25-2)15(11)16(23)24/h3-5H,6-9H2,1-2H3,(H,17,22)(H,18,21)(H,23,24)/b19-10+. The summed E-state index contributed by atoms with van der Waals surface area (Å²) < 4.78 is 9.13. The lowest BCUT2D eigenvalue weighted by Gasteiger charge is -2.11. The molecule has 0 spiro atoms. The van der Waals surface area contributed by atoms with Crippen molar-refractivity contribution in [1.29, 1.82) is 0 Å². The highest BCUT2D eigenvalue weighted by Gasteiger charge is 2.18. The number of methoxy groups -OCH3 is 1. The Balaban J connectivity index is 1.95. The van der Waals surface area contributed by atoms with Crippen LogP contribution in [0, 0.1) is 0 Å². The number of carbonyl (C=O) groups excluding carboxylic acids is 2. The summed E-state index contributed by atoms with van der Waals surface area (Å²) in [5.74, 6) is -0.524. The molecule has 1 fully saturated rings. The smallest absolute Gasteiger partial charge is 0.341 e. The van der Waals surface area contributed by atoms with Gasteiger partial charge in [0.15, 0.2) is 0 Å². The highest BCUT2D eigenvalue weighted by atomic mass is 32.2. The molecule has 1 atom stereocenters. The maximum atomic E-state index is 12.1. The van der Waals surface area contributed by atoms with E-state index in [2.05, 4.69) is 20.2 Å². The van der Waals surface area contributed by atoms with Gasteiger partial charge in [0.2, 0.25) is 11.8 Å². The Hall–Kier alpha value is -2.75. The Morgan fingerprint density at radius 1 is 1.38 bits per heavy atom. The molecule has 0 aliphatic carbocycles. The Morgan fingerprint density at radius 2 is 2.15 bits per heavy atom. The Labute approximate surface area is 152 Å². The van der Waals surface area contributed by atoms with E-state index in [0.29, 0.717) is 23.8 Å². The molecule has 9 nitrogen and oxygen atoms in total. The summed E-state index contributed by atoms with van der Waals surface area (Å²) in [5.41, 5.74) is 0.748. The summed E-state index contributed by atoms with van der Waals surface area (Å²) in [4.78, 5) is 34.6. The fraction of sp³-hybridized carbons (Fsp3) is 0.375. The zero-order chi connectivity index (χ0) is 19.1. The van der Waals surface area contributed by atoms with Crippen molar-refractivity contribution in [3.63, 3.8) is 0 Å². The number of ether oxygens (including phenoxy) is 1. The van der Waals surface area contributed by atoms with Gasteiger partial charge in [-0.05, 0) is 36.2 Å². The zero-order valence-electron chi connectivity index (χ0n) is 14.4. The number of nitrogens with one attached hydrogen (secondary N) is 2. The molecule has 0 bridgehead atoms. The number of hydrogen-bond acceptors (Lipinski definition) is 5. The van der Waals surface area contributed by atoms with Crippen molar-refractivity contribution in [2.45, 2.75) is 19.8 Å². The van der Waals surface area contributed by atoms with Gasteiger partial charge in [0.25, 0.3) is 0 Å². The normalized spacial score (nSPS) is 17.1. The van der Waals surface area contributed by atoms with Crippen molar-refractivity contribution in [2.75, 3.05) is 24.1 Å². The van der Waals surface area contributed by atoms with Gasteiger partial charge in [-0.3, -0.25) is 9.59 Å². The van der Waals surface area contributed by atoms with Crippen LogP contribution in [0.4, 0.5) is 5.69 Å². The lowest BCUT2D eigenvalue weighted by Crippen LogP contribution is -2.16. The predicted molar refractivity (Wildman–Crippen MR) is 98.6 cm³/mol. The van der Waals surface area contributed by atoms with Crippen LogP contribution in [0.25, 0.3) is 0 Å². The molecule has 2 amide bonds. The van der Waals surface area contributed by atoms with Gasteiger partial charge in [0.1, 0.15) is 11.3 Å². The first-order valence-electron chi connectivity index (χ1n) is 7.79. The average Bonchev–Trinajstić information content (AvgIpc) is 3.03. The predicted octanol–water partition coefficient (Wildman–Crippen LogP) is 1.38. The van der Waals surface area contributed by atoms with E-state index in [4.69, 9.17) is 4.74 Å². The van der Waals surface area contributed by atoms with E-state index in [0.717, 1.165) is 0 Å². The quantitative estimate of drug-likeness (QED) is 0.486. The minimum atomic E-state index is -1.19. The molecule has 10 heteroatoms. The molecular formula is C16H20N4O5S. The highest BCUT2D eigenvalue weighted by molar-refractivity contribution is 7.88. The van der Waals surface area contributed by atoms with E-state index in [-0.39, 0.29) is 35.2 Å². The van der Waals surface area contributed by atoms with E-state index in [1.807, 2.05) is 0 Å². The molecule has 1 aromatic carbocycles. The summed E-state index contributed by atoms with van der Waals surface area (Å²) in [7, 11) is 0.927. The first kappa shape index (κ1) is 19.6. The number of benzene rings is 1. The zero-order valence-corrected chi connectivity index (χ0v) is 15.3. The van der Waals surface area contributed by atoms with E-state index in [1.165, 1.54) is 19.2 Å². The van der Waals surface area contributed by atoms with E-state index in [1.54, 1.807) is 13.0 Å². The fourth-order valence-corrected chi connectivity index (χ4v) is 3.39. The first-order chi connectivity index (χ1) is 12.4. The lowest BCUT2D eigenvalue weighted by atomic mass is 10.1. The van der Waals surface area contributed by atoms with Crippen molar-refractivity contribution in [3.05, 3.63) is 23.8 Å². The summed E-state index contributed by atoms with van der Waals surface area (Å²) in [6.45, 7) is 1.75. The average molecular weight is 380 g/mol. The largest absolute Gasteiger partial charge is 0.496 e. The van der Waals surface area contributed by atoms with Crippen LogP contribution in [0.2, 0.25) is 0 Å². The number of anilines is 1. The molecule has 0 radical (unpaired) electrons. The molecule has 140 valence electrons. The molecule has 1 unspecified atom stereocenters. The van der Waals surface area contributed by atoms with Gasteiger partial charge in [0.05, 0.1) is 24.4 Å². The molecule has 1 heterocycles. The SMILES string of the molecule is COc1cccc(NC(=O)CC/C(C)=N/N=S2\CNC(=O)C2)c1C(=O)O. The summed E-state index contributed by atoms with van der Waals surface area (Å²) in [6.07, 6.45) is 0.506. The van der Waals surface area contributed by atoms with Crippen LogP contribution in [0.1, 0.15) is 30.1 Å². The number of aromatic carboxylic acids is 1. The van der Waals surface area contributed by atoms with Crippen molar-refractivity contribution in [1.82, 2.24) is 5.32 Å². The maximum absolute atomic E-state index is 12.1. The van der Waals surface area contributed by atoms with E-state index < -0.39 is 16.7 Å². The minimum Gasteiger partial charge on any atom is -0.496 e. The van der Waals surface area contributed by atoms with Crippen LogP contribution in [0.3, 0.4) is 0 Å². The van der Waals surface area contributed by atoms with Gasteiger partial charge in [0, 0.05) is 12.1 Å². The molecule has 1 aliphatic rings. The van der Waals surface area contributed by atoms with Crippen molar-refractivity contribution in [2.24, 2.45) is 9.57 Å². The third-order valence-corrected chi connectivity index (χ3v) is 4.89. The number of hydrogen-bond donors (Lipinski definition) is 3. The second-order valence-electron chi connectivity index (χ2n) is 5.50. The topological polar surface area (TPSA) is 129 Å². The molecular weight excluding hydrogens is 360 g/mol. The fourth-order valence-electron chi connectivity index (χ4n) is 2.19. The van der Waals surface area contributed by atoms with Crippen LogP contribution in [-0.4, -0.2) is 47.3 Å². The second kappa shape index (κ2) is 9.09.